The number of carbonyl (C=O) groups excluding carboxylic acids is 1. The Balaban J connectivity index is 2.50. The molecule has 0 aliphatic rings. The Bertz CT molecular complexity index is 611. The maximum Gasteiger partial charge on any atom is 0.417 e. The summed E-state index contributed by atoms with van der Waals surface area (Å²) in [6.07, 6.45) is -3.22. The molecule has 19 heavy (non-hydrogen) atoms. The molecule has 0 atom stereocenters. The third-order valence-electron chi connectivity index (χ3n) is 2.45. The number of aromatic nitrogens is 1. The van der Waals surface area contributed by atoms with Crippen molar-refractivity contribution in [3.63, 3.8) is 0 Å². The van der Waals surface area contributed by atoms with Crippen molar-refractivity contribution in [3.05, 3.63) is 64.4 Å². The predicted octanol–water partition coefficient (Wildman–Crippen LogP) is 3.98. The molecule has 0 bridgehead atoms. The first kappa shape index (κ1) is 13.5. The average Bonchev–Trinajstić information content (AvgIpc) is 2.38. The quantitative estimate of drug-likeness (QED) is 0.781. The van der Waals surface area contributed by atoms with Crippen LogP contribution in [0, 0.1) is 0 Å². The molecule has 1 aromatic carbocycles. The second-order valence-electron chi connectivity index (χ2n) is 3.71. The Morgan fingerprint density at radius 3 is 2.42 bits per heavy atom. The molecule has 0 fully saturated rings. The van der Waals surface area contributed by atoms with E-state index >= 15 is 0 Å². The van der Waals surface area contributed by atoms with Crippen LogP contribution in [0.15, 0.2) is 42.6 Å². The lowest BCUT2D eigenvalue weighted by atomic mass is 10.0. The van der Waals surface area contributed by atoms with Gasteiger partial charge in [0.15, 0.2) is 0 Å². The minimum atomic E-state index is -4.60. The van der Waals surface area contributed by atoms with Crippen molar-refractivity contribution in [1.29, 1.82) is 0 Å². The van der Waals surface area contributed by atoms with Crippen LogP contribution in [0.1, 0.15) is 21.6 Å². The minimum absolute atomic E-state index is 0.0451. The molecule has 0 saturated heterocycles. The minimum Gasteiger partial charge on any atom is -0.287 e. The lowest BCUT2D eigenvalue weighted by Crippen LogP contribution is -2.10. The predicted molar refractivity (Wildman–Crippen MR) is 64.1 cm³/mol. The number of alkyl halides is 3. The van der Waals surface area contributed by atoms with E-state index in [4.69, 9.17) is 11.6 Å². The number of carbonyl (C=O) groups is 1. The number of pyridine rings is 1. The Kier molecular flexibility index (Phi) is 3.57. The van der Waals surface area contributed by atoms with Crippen LogP contribution in [0.3, 0.4) is 0 Å². The first-order valence-electron chi connectivity index (χ1n) is 5.22. The molecular formula is C13H7ClF3NO. The normalized spacial score (nSPS) is 11.4. The second-order valence-corrected chi connectivity index (χ2v) is 4.09. The van der Waals surface area contributed by atoms with Crippen molar-refractivity contribution in [3.8, 4) is 0 Å². The first-order chi connectivity index (χ1) is 8.91. The number of ketones is 1. The topological polar surface area (TPSA) is 30.0 Å². The van der Waals surface area contributed by atoms with E-state index in [0.717, 1.165) is 12.1 Å². The molecular weight excluding hydrogens is 279 g/mol. The van der Waals surface area contributed by atoms with Crippen molar-refractivity contribution in [2.45, 2.75) is 6.18 Å². The zero-order chi connectivity index (χ0) is 14.0. The number of nitrogens with zero attached hydrogens (tertiary/aromatic N) is 1. The lowest BCUT2D eigenvalue weighted by Gasteiger charge is -2.11. The van der Waals surface area contributed by atoms with E-state index in [0.29, 0.717) is 0 Å². The highest BCUT2D eigenvalue weighted by Crippen LogP contribution is 2.36. The third kappa shape index (κ3) is 2.76. The molecule has 98 valence electrons. The molecule has 2 rings (SSSR count). The molecule has 6 heteroatoms. The van der Waals surface area contributed by atoms with Crippen LogP contribution in [0.5, 0.6) is 0 Å². The van der Waals surface area contributed by atoms with E-state index in [-0.39, 0.29) is 11.3 Å². The van der Waals surface area contributed by atoms with Gasteiger partial charge in [0, 0.05) is 11.8 Å². The van der Waals surface area contributed by atoms with Crippen LogP contribution in [0.2, 0.25) is 5.02 Å². The van der Waals surface area contributed by atoms with E-state index in [2.05, 4.69) is 4.98 Å². The fourth-order valence-electron chi connectivity index (χ4n) is 1.56. The summed E-state index contributed by atoms with van der Waals surface area (Å²) >= 11 is 5.67. The fraction of sp³-hybridized carbons (Fsp3) is 0.0769. The van der Waals surface area contributed by atoms with Gasteiger partial charge in [0.25, 0.3) is 0 Å². The van der Waals surface area contributed by atoms with Crippen LogP contribution in [-0.4, -0.2) is 10.8 Å². The van der Waals surface area contributed by atoms with Crippen molar-refractivity contribution in [2.24, 2.45) is 0 Å². The third-order valence-corrected chi connectivity index (χ3v) is 2.85. The first-order valence-corrected chi connectivity index (χ1v) is 5.60. The zero-order valence-electron chi connectivity index (χ0n) is 9.41. The average molecular weight is 286 g/mol. The number of halogens is 4. The molecule has 0 amide bonds. The summed E-state index contributed by atoms with van der Waals surface area (Å²) in [6, 6.07) is 7.81. The molecule has 1 heterocycles. The van der Waals surface area contributed by atoms with Gasteiger partial charge in [0.1, 0.15) is 5.69 Å². The van der Waals surface area contributed by atoms with Gasteiger partial charge in [-0.15, -0.1) is 0 Å². The molecule has 0 aliphatic carbocycles. The molecule has 2 aromatic rings. The summed E-state index contributed by atoms with van der Waals surface area (Å²) in [7, 11) is 0. The zero-order valence-corrected chi connectivity index (χ0v) is 10.2. The van der Waals surface area contributed by atoms with Crippen LogP contribution >= 0.6 is 11.6 Å². The monoisotopic (exact) mass is 285 g/mol. The Hall–Kier alpha value is -1.88. The van der Waals surface area contributed by atoms with Crippen LogP contribution in [0.4, 0.5) is 13.2 Å². The van der Waals surface area contributed by atoms with Crippen molar-refractivity contribution in [1.82, 2.24) is 4.98 Å². The molecule has 0 saturated carbocycles. The summed E-state index contributed by atoms with van der Waals surface area (Å²) in [5, 5.41) is -0.606. The van der Waals surface area contributed by atoms with Gasteiger partial charge in [-0.1, -0.05) is 23.7 Å². The standard InChI is InChI=1S/C13H7ClF3NO/c14-11-8(4-3-5-9(11)13(15,16)17)12(19)10-6-1-2-7-18-10/h1-7H. The molecule has 0 spiro atoms. The van der Waals surface area contributed by atoms with Gasteiger partial charge < -0.3 is 0 Å². The largest absolute Gasteiger partial charge is 0.417 e. The van der Waals surface area contributed by atoms with Gasteiger partial charge in [-0.25, -0.2) is 0 Å². The summed E-state index contributed by atoms with van der Waals surface area (Å²) in [5.74, 6) is -0.642. The summed E-state index contributed by atoms with van der Waals surface area (Å²) in [5.41, 5.74) is -1.20. The highest BCUT2D eigenvalue weighted by atomic mass is 35.5. The molecule has 0 N–H and O–H groups in total. The molecule has 2 nitrogen and oxygen atoms in total. The summed E-state index contributed by atoms with van der Waals surface area (Å²) in [6.45, 7) is 0. The summed E-state index contributed by atoms with van der Waals surface area (Å²) < 4.78 is 38.0. The second kappa shape index (κ2) is 5.01. The van der Waals surface area contributed by atoms with Gasteiger partial charge in [-0.3, -0.25) is 9.78 Å². The Labute approximate surface area is 111 Å². The van der Waals surface area contributed by atoms with E-state index in [1.807, 2.05) is 0 Å². The van der Waals surface area contributed by atoms with E-state index in [9.17, 15) is 18.0 Å². The van der Waals surface area contributed by atoms with E-state index in [1.54, 1.807) is 12.1 Å². The maximum absolute atomic E-state index is 12.7. The highest BCUT2D eigenvalue weighted by Gasteiger charge is 2.34. The number of hydrogen-bond acceptors (Lipinski definition) is 2. The van der Waals surface area contributed by atoms with Crippen LogP contribution < -0.4 is 0 Å². The van der Waals surface area contributed by atoms with Gasteiger partial charge in [0.2, 0.25) is 5.78 Å². The molecule has 0 aliphatic heterocycles. The van der Waals surface area contributed by atoms with Crippen molar-refractivity contribution >= 4 is 17.4 Å². The number of rotatable bonds is 2. The number of benzene rings is 1. The molecule has 0 unspecified atom stereocenters. The maximum atomic E-state index is 12.7. The number of hydrogen-bond donors (Lipinski definition) is 0. The van der Waals surface area contributed by atoms with Gasteiger partial charge >= 0.3 is 6.18 Å². The van der Waals surface area contributed by atoms with Gasteiger partial charge in [0.05, 0.1) is 10.6 Å². The Morgan fingerprint density at radius 2 is 1.84 bits per heavy atom. The SMILES string of the molecule is O=C(c1ccccn1)c1cccc(C(F)(F)F)c1Cl. The van der Waals surface area contributed by atoms with E-state index < -0.39 is 22.5 Å². The lowest BCUT2D eigenvalue weighted by molar-refractivity contribution is -0.137. The smallest absolute Gasteiger partial charge is 0.287 e. The molecule has 1 aromatic heterocycles. The highest BCUT2D eigenvalue weighted by molar-refractivity contribution is 6.35. The van der Waals surface area contributed by atoms with Gasteiger partial charge in [-0.05, 0) is 24.3 Å². The van der Waals surface area contributed by atoms with Crippen molar-refractivity contribution in [2.75, 3.05) is 0 Å². The van der Waals surface area contributed by atoms with Crippen LogP contribution in [0.25, 0.3) is 0 Å². The fourth-order valence-corrected chi connectivity index (χ4v) is 1.88. The summed E-state index contributed by atoms with van der Waals surface area (Å²) in [4.78, 5) is 15.8. The van der Waals surface area contributed by atoms with E-state index in [1.165, 1.54) is 18.3 Å². The van der Waals surface area contributed by atoms with Crippen molar-refractivity contribution < 1.29 is 18.0 Å². The molecule has 0 radical (unpaired) electrons. The van der Waals surface area contributed by atoms with Gasteiger partial charge in [-0.2, -0.15) is 13.2 Å². The van der Waals surface area contributed by atoms with Crippen LogP contribution in [-0.2, 0) is 6.18 Å². The Morgan fingerprint density at radius 1 is 1.11 bits per heavy atom.